The van der Waals surface area contributed by atoms with Crippen LogP contribution in [-0.2, 0) is 19.0 Å². The lowest BCUT2D eigenvalue weighted by molar-refractivity contribution is -0.122. The Kier molecular flexibility index (Phi) is 19.5. The Bertz CT molecular complexity index is 505. The molecule has 0 atom stereocenters. The highest BCUT2D eigenvalue weighted by molar-refractivity contribution is 8.77. The summed E-state index contributed by atoms with van der Waals surface area (Å²) in [6, 6.07) is 0. The molecule has 0 heterocycles. The molecule has 7 nitrogen and oxygen atoms in total. The monoisotopic (exact) mass is 477 g/mol. The lowest BCUT2D eigenvalue weighted by atomic mass is 10.1. The summed E-state index contributed by atoms with van der Waals surface area (Å²) in [6.07, 6.45) is 5.38. The van der Waals surface area contributed by atoms with E-state index in [1.54, 1.807) is 7.11 Å². The van der Waals surface area contributed by atoms with Crippen LogP contribution in [0.15, 0.2) is 24.4 Å². The van der Waals surface area contributed by atoms with Gasteiger partial charge in [-0.2, -0.15) is 0 Å². The van der Waals surface area contributed by atoms with Gasteiger partial charge in [-0.3, -0.25) is 10.2 Å². The van der Waals surface area contributed by atoms with Gasteiger partial charge in [0.2, 0.25) is 5.91 Å². The number of hydrazine groups is 1. The second-order valence-electron chi connectivity index (χ2n) is 7.40. The third kappa shape index (κ3) is 17.5. The number of ether oxygens (including phenoxy) is 3. The van der Waals surface area contributed by atoms with E-state index in [4.69, 9.17) is 14.2 Å². The molecule has 9 heteroatoms. The number of nitrogens with one attached hydrogen (secondary N) is 2. The Morgan fingerprint density at radius 3 is 2.45 bits per heavy atom. The summed E-state index contributed by atoms with van der Waals surface area (Å²) >= 11 is 0. The highest BCUT2D eigenvalue weighted by Crippen LogP contribution is 2.37. The molecular formula is C22H43N3O4S2. The van der Waals surface area contributed by atoms with Crippen LogP contribution in [0.5, 0.6) is 0 Å². The molecule has 31 heavy (non-hydrogen) atoms. The second kappa shape index (κ2) is 19.9. The summed E-state index contributed by atoms with van der Waals surface area (Å²) in [5.74, 6) is 0.989. The van der Waals surface area contributed by atoms with Gasteiger partial charge in [0.05, 0.1) is 33.0 Å². The van der Waals surface area contributed by atoms with Crippen molar-refractivity contribution in [2.24, 2.45) is 0 Å². The average molecular weight is 478 g/mol. The zero-order valence-electron chi connectivity index (χ0n) is 20.0. The molecule has 0 fully saturated rings. The van der Waals surface area contributed by atoms with Crippen molar-refractivity contribution in [1.29, 1.82) is 0 Å². The summed E-state index contributed by atoms with van der Waals surface area (Å²) in [7, 11) is 5.35. The predicted octanol–water partition coefficient (Wildman–Crippen LogP) is 3.64. The fourth-order valence-electron chi connectivity index (χ4n) is 2.60. The van der Waals surface area contributed by atoms with E-state index in [0.717, 1.165) is 37.5 Å². The first-order valence-electron chi connectivity index (χ1n) is 10.9. The third-order valence-corrected chi connectivity index (χ3v) is 7.43. The largest absolute Gasteiger partial charge is 0.382 e. The van der Waals surface area contributed by atoms with Gasteiger partial charge in [0.1, 0.15) is 0 Å². The van der Waals surface area contributed by atoms with Gasteiger partial charge in [-0.25, -0.2) is 5.43 Å². The molecule has 0 aromatic rings. The normalized spacial score (nSPS) is 12.1. The molecule has 0 bridgehead atoms. The number of amides is 1. The molecule has 0 aliphatic rings. The van der Waals surface area contributed by atoms with Crippen LogP contribution >= 0.6 is 21.6 Å². The number of allylic oxidation sites excluding steroid dienone is 2. The number of hydrogen-bond acceptors (Lipinski definition) is 8. The van der Waals surface area contributed by atoms with Gasteiger partial charge in [0.25, 0.3) is 0 Å². The van der Waals surface area contributed by atoms with Gasteiger partial charge in [-0.05, 0) is 33.3 Å². The zero-order valence-corrected chi connectivity index (χ0v) is 21.7. The average Bonchev–Trinajstić information content (AvgIpc) is 2.74. The van der Waals surface area contributed by atoms with Crippen molar-refractivity contribution in [2.75, 3.05) is 65.5 Å². The first-order valence-corrected chi connectivity index (χ1v) is 13.2. The highest BCUT2D eigenvalue weighted by atomic mass is 33.1. The molecule has 1 amide bonds. The summed E-state index contributed by atoms with van der Waals surface area (Å²) in [4.78, 5) is 13.9. The summed E-state index contributed by atoms with van der Waals surface area (Å²) in [5, 5.41) is 0. The molecule has 0 aliphatic heterocycles. The van der Waals surface area contributed by atoms with Crippen molar-refractivity contribution in [3.8, 4) is 0 Å². The molecule has 182 valence electrons. The van der Waals surface area contributed by atoms with Crippen LogP contribution in [0.2, 0.25) is 0 Å². The summed E-state index contributed by atoms with van der Waals surface area (Å²) in [6.45, 7) is 17.8. The number of carbonyl (C=O) groups excluding carboxylic acids is 1. The minimum atomic E-state index is 0.0389. The Hall–Kier alpha value is -0.710. The second-order valence-corrected chi connectivity index (χ2v) is 10.5. The molecule has 0 spiro atoms. The maximum absolute atomic E-state index is 11.6. The molecule has 0 aromatic heterocycles. The minimum Gasteiger partial charge on any atom is -0.382 e. The van der Waals surface area contributed by atoms with Gasteiger partial charge >= 0.3 is 0 Å². The molecule has 2 N–H and O–H groups in total. The quantitative estimate of drug-likeness (QED) is 0.112. The van der Waals surface area contributed by atoms with E-state index in [1.165, 1.54) is 0 Å². The van der Waals surface area contributed by atoms with Crippen LogP contribution in [0.1, 0.15) is 40.5 Å². The first kappa shape index (κ1) is 30.3. The highest BCUT2D eigenvalue weighted by Gasteiger charge is 2.23. The van der Waals surface area contributed by atoms with E-state index in [0.29, 0.717) is 39.5 Å². The van der Waals surface area contributed by atoms with E-state index in [1.807, 2.05) is 41.5 Å². The molecular weight excluding hydrogens is 434 g/mol. The van der Waals surface area contributed by atoms with E-state index in [9.17, 15) is 4.79 Å². The number of nitrogens with zero attached hydrogens (tertiary/aromatic N) is 1. The maximum Gasteiger partial charge on any atom is 0.234 e. The van der Waals surface area contributed by atoms with Crippen LogP contribution in [0.4, 0.5) is 0 Å². The molecule has 0 rings (SSSR count). The van der Waals surface area contributed by atoms with Crippen LogP contribution in [0.3, 0.4) is 0 Å². The smallest absolute Gasteiger partial charge is 0.234 e. The minimum absolute atomic E-state index is 0.0389. The molecule has 0 aliphatic carbocycles. The number of methoxy groups -OCH3 is 1. The van der Waals surface area contributed by atoms with Gasteiger partial charge in [0.15, 0.2) is 0 Å². The number of carbonyl (C=O) groups is 1. The van der Waals surface area contributed by atoms with Crippen molar-refractivity contribution >= 4 is 27.5 Å². The SMILES string of the molecule is C=C/C(=C\C)N(CCOCCOCCOC)CC(C)(C)SSCCCC(=O)NNCC. The van der Waals surface area contributed by atoms with Gasteiger partial charge in [0, 0.05) is 49.4 Å². The lowest BCUT2D eigenvalue weighted by Gasteiger charge is -2.34. The van der Waals surface area contributed by atoms with E-state index in [-0.39, 0.29) is 10.7 Å². The van der Waals surface area contributed by atoms with Crippen molar-refractivity contribution in [1.82, 2.24) is 15.8 Å². The predicted molar refractivity (Wildman–Crippen MR) is 134 cm³/mol. The number of hydrogen-bond donors (Lipinski definition) is 2. The van der Waals surface area contributed by atoms with Crippen LogP contribution < -0.4 is 10.9 Å². The van der Waals surface area contributed by atoms with Crippen LogP contribution in [0.25, 0.3) is 0 Å². The topological polar surface area (TPSA) is 72.1 Å². The standard InChI is InChI=1S/C22H43N3O4S2/c1-7-20(8-2)25(12-13-28-16-17-29-15-14-27-6)19-22(4,5)31-30-18-10-11-21(26)24-23-9-3/h7-8,23H,1,9-19H2,2-6H3,(H,24,26)/b20-8+. The van der Waals surface area contributed by atoms with Gasteiger partial charge < -0.3 is 19.1 Å². The number of rotatable bonds is 21. The van der Waals surface area contributed by atoms with Gasteiger partial charge in [-0.15, -0.1) is 0 Å². The van der Waals surface area contributed by atoms with Crippen LogP contribution in [0, 0.1) is 0 Å². The fraction of sp³-hybridized carbons (Fsp3) is 0.773. The lowest BCUT2D eigenvalue weighted by Crippen LogP contribution is -2.37. The Morgan fingerprint density at radius 2 is 1.84 bits per heavy atom. The Morgan fingerprint density at radius 1 is 1.16 bits per heavy atom. The van der Waals surface area contributed by atoms with Crippen molar-refractivity contribution in [3.63, 3.8) is 0 Å². The first-order chi connectivity index (χ1) is 14.9. The van der Waals surface area contributed by atoms with Crippen LogP contribution in [-0.4, -0.2) is 81.1 Å². The summed E-state index contributed by atoms with van der Waals surface area (Å²) in [5.41, 5.74) is 6.63. The Labute approximate surface area is 197 Å². The van der Waals surface area contributed by atoms with E-state index in [2.05, 4.69) is 42.3 Å². The molecule has 0 unspecified atom stereocenters. The summed E-state index contributed by atoms with van der Waals surface area (Å²) < 4.78 is 16.2. The van der Waals surface area contributed by atoms with Crippen molar-refractivity contribution in [3.05, 3.63) is 24.4 Å². The zero-order chi connectivity index (χ0) is 23.4. The van der Waals surface area contributed by atoms with Gasteiger partial charge in [-0.1, -0.05) is 41.2 Å². The molecule has 0 saturated carbocycles. The maximum atomic E-state index is 11.6. The van der Waals surface area contributed by atoms with Crippen molar-refractivity contribution in [2.45, 2.75) is 45.3 Å². The Balaban J connectivity index is 4.29. The molecule has 0 aromatic carbocycles. The molecule has 0 saturated heterocycles. The fourth-order valence-corrected chi connectivity index (χ4v) is 5.19. The van der Waals surface area contributed by atoms with Crippen molar-refractivity contribution < 1.29 is 19.0 Å². The third-order valence-electron chi connectivity index (χ3n) is 4.07. The van der Waals surface area contributed by atoms with E-state index < -0.39 is 0 Å². The molecule has 0 radical (unpaired) electrons. The van der Waals surface area contributed by atoms with E-state index >= 15 is 0 Å².